The van der Waals surface area contributed by atoms with Crippen LogP contribution in [0.3, 0.4) is 0 Å². The number of benzene rings is 1. The number of aromatic hydroxyl groups is 1. The van der Waals surface area contributed by atoms with Crippen molar-refractivity contribution in [3.8, 4) is 5.75 Å². The van der Waals surface area contributed by atoms with Crippen LogP contribution in [-0.2, 0) is 25.9 Å². The van der Waals surface area contributed by atoms with E-state index in [9.17, 15) is 5.11 Å². The second-order valence-corrected chi connectivity index (χ2v) is 4.50. The molecule has 0 unspecified atom stereocenters. The largest absolute Gasteiger partial charge is 0.508 e. The van der Waals surface area contributed by atoms with Crippen molar-refractivity contribution in [3.05, 3.63) is 29.8 Å². The molecule has 17 heavy (non-hydrogen) atoms. The SMILES string of the molecule is CCCCCCCCCc1ccccc1O.[Zn]. The molecule has 0 amide bonds. The molecule has 1 aromatic rings. The number of aryl methyl sites for hydroxylation is 1. The van der Waals surface area contributed by atoms with Gasteiger partial charge in [0.15, 0.2) is 0 Å². The van der Waals surface area contributed by atoms with Gasteiger partial charge in [-0.25, -0.2) is 0 Å². The van der Waals surface area contributed by atoms with Crippen LogP contribution in [0, 0.1) is 0 Å². The van der Waals surface area contributed by atoms with Gasteiger partial charge in [-0.2, -0.15) is 0 Å². The van der Waals surface area contributed by atoms with Crippen LogP contribution in [0.2, 0.25) is 0 Å². The summed E-state index contributed by atoms with van der Waals surface area (Å²) in [5.41, 5.74) is 1.09. The standard InChI is InChI=1S/C15H24O.Zn/c1-2-3-4-5-6-7-8-11-14-12-9-10-13-15(14)16;/h9-10,12-13,16H,2-8,11H2,1H3;. The molecule has 1 N–H and O–H groups in total. The summed E-state index contributed by atoms with van der Waals surface area (Å²) in [6.07, 6.45) is 10.3. The van der Waals surface area contributed by atoms with Crippen molar-refractivity contribution in [2.75, 3.05) is 0 Å². The molecular formula is C15H24OZn. The Hall–Kier alpha value is -0.357. The molecule has 0 atom stereocenters. The summed E-state index contributed by atoms with van der Waals surface area (Å²) in [4.78, 5) is 0. The number of phenols is 1. The fourth-order valence-corrected chi connectivity index (χ4v) is 1.99. The summed E-state index contributed by atoms with van der Waals surface area (Å²) in [6.45, 7) is 2.25. The Labute approximate surface area is 118 Å². The van der Waals surface area contributed by atoms with E-state index in [4.69, 9.17) is 0 Å². The molecule has 1 aromatic carbocycles. The van der Waals surface area contributed by atoms with E-state index < -0.39 is 0 Å². The molecule has 0 saturated carbocycles. The Morgan fingerprint density at radius 2 is 1.47 bits per heavy atom. The Balaban J connectivity index is 0.00000256. The Kier molecular flexibility index (Phi) is 10.5. The van der Waals surface area contributed by atoms with Gasteiger partial charge in [-0.05, 0) is 24.5 Å². The van der Waals surface area contributed by atoms with Crippen molar-refractivity contribution in [2.24, 2.45) is 0 Å². The molecule has 0 bridgehead atoms. The zero-order valence-electron chi connectivity index (χ0n) is 11.1. The molecule has 0 spiro atoms. The number of para-hydroxylation sites is 1. The van der Waals surface area contributed by atoms with E-state index in [1.807, 2.05) is 18.2 Å². The van der Waals surface area contributed by atoms with Gasteiger partial charge in [-0.15, -0.1) is 0 Å². The summed E-state index contributed by atoms with van der Waals surface area (Å²) in [5.74, 6) is 0.452. The number of phenolic OH excluding ortho intramolecular Hbond substituents is 1. The molecular weight excluding hydrogens is 262 g/mol. The maximum absolute atomic E-state index is 9.58. The summed E-state index contributed by atoms with van der Waals surface area (Å²) in [6, 6.07) is 7.67. The van der Waals surface area contributed by atoms with Crippen LogP contribution in [-0.4, -0.2) is 5.11 Å². The molecule has 0 aliphatic carbocycles. The van der Waals surface area contributed by atoms with Crippen LogP contribution in [0.25, 0.3) is 0 Å². The first-order chi connectivity index (χ1) is 7.84. The van der Waals surface area contributed by atoms with E-state index in [2.05, 4.69) is 6.92 Å². The van der Waals surface area contributed by atoms with E-state index >= 15 is 0 Å². The average molecular weight is 286 g/mol. The maximum Gasteiger partial charge on any atom is 0.118 e. The van der Waals surface area contributed by atoms with E-state index in [0.29, 0.717) is 5.75 Å². The third kappa shape index (κ3) is 7.55. The van der Waals surface area contributed by atoms with E-state index in [0.717, 1.165) is 12.0 Å². The maximum atomic E-state index is 9.58. The molecule has 92 valence electrons. The first kappa shape index (κ1) is 16.6. The van der Waals surface area contributed by atoms with Crippen molar-refractivity contribution in [2.45, 2.75) is 58.3 Å². The van der Waals surface area contributed by atoms with Gasteiger partial charge in [0.05, 0.1) is 0 Å². The fourth-order valence-electron chi connectivity index (χ4n) is 1.99. The Morgan fingerprint density at radius 3 is 2.12 bits per heavy atom. The van der Waals surface area contributed by atoms with Crippen LogP contribution in [0.5, 0.6) is 5.75 Å². The topological polar surface area (TPSA) is 20.2 Å². The quantitative estimate of drug-likeness (QED) is 0.543. The number of hydrogen-bond acceptors (Lipinski definition) is 1. The van der Waals surface area contributed by atoms with Gasteiger partial charge in [0, 0.05) is 19.5 Å². The number of rotatable bonds is 8. The predicted molar refractivity (Wildman–Crippen MR) is 69.8 cm³/mol. The first-order valence-electron chi connectivity index (χ1n) is 6.61. The molecule has 1 nitrogen and oxygen atoms in total. The normalized spacial score (nSPS) is 9.94. The van der Waals surface area contributed by atoms with Gasteiger partial charge in [-0.1, -0.05) is 63.6 Å². The predicted octanol–water partition coefficient (Wildman–Crippen LogP) is 4.68. The fraction of sp³-hybridized carbons (Fsp3) is 0.600. The van der Waals surface area contributed by atoms with Gasteiger partial charge in [0.1, 0.15) is 5.75 Å². The van der Waals surface area contributed by atoms with Crippen molar-refractivity contribution >= 4 is 0 Å². The van der Waals surface area contributed by atoms with Gasteiger partial charge in [0.25, 0.3) is 0 Å². The van der Waals surface area contributed by atoms with Crippen molar-refractivity contribution in [1.82, 2.24) is 0 Å². The molecule has 0 fully saturated rings. The van der Waals surface area contributed by atoms with Gasteiger partial charge in [-0.3, -0.25) is 0 Å². The molecule has 0 aliphatic rings. The molecule has 0 heterocycles. The Morgan fingerprint density at radius 1 is 0.882 bits per heavy atom. The molecule has 1 rings (SSSR count). The first-order valence-corrected chi connectivity index (χ1v) is 6.61. The van der Waals surface area contributed by atoms with Crippen LogP contribution in [0.1, 0.15) is 57.4 Å². The van der Waals surface area contributed by atoms with Gasteiger partial charge >= 0.3 is 0 Å². The van der Waals surface area contributed by atoms with Gasteiger partial charge < -0.3 is 5.11 Å². The van der Waals surface area contributed by atoms with Crippen LogP contribution in [0.15, 0.2) is 24.3 Å². The Bertz CT molecular complexity index is 286. The van der Waals surface area contributed by atoms with E-state index in [-0.39, 0.29) is 19.5 Å². The molecule has 0 aromatic heterocycles. The summed E-state index contributed by atoms with van der Waals surface area (Å²) >= 11 is 0. The third-order valence-corrected chi connectivity index (χ3v) is 3.04. The molecule has 0 saturated heterocycles. The number of hydrogen-bond donors (Lipinski definition) is 1. The van der Waals surface area contributed by atoms with E-state index in [1.54, 1.807) is 6.07 Å². The third-order valence-electron chi connectivity index (χ3n) is 3.04. The van der Waals surface area contributed by atoms with Gasteiger partial charge in [0.2, 0.25) is 0 Å². The summed E-state index contributed by atoms with van der Waals surface area (Å²) in [7, 11) is 0. The molecule has 0 radical (unpaired) electrons. The van der Waals surface area contributed by atoms with Crippen molar-refractivity contribution in [3.63, 3.8) is 0 Å². The molecule has 0 aliphatic heterocycles. The number of unbranched alkanes of at least 4 members (excludes halogenated alkanes) is 6. The monoisotopic (exact) mass is 284 g/mol. The zero-order chi connectivity index (χ0) is 11.6. The average Bonchev–Trinajstić information content (AvgIpc) is 2.30. The van der Waals surface area contributed by atoms with E-state index in [1.165, 1.54) is 44.9 Å². The van der Waals surface area contributed by atoms with Crippen molar-refractivity contribution in [1.29, 1.82) is 0 Å². The zero-order valence-corrected chi connectivity index (χ0v) is 14.1. The molecule has 2 heteroatoms. The summed E-state index contributed by atoms with van der Waals surface area (Å²) in [5, 5.41) is 9.58. The van der Waals surface area contributed by atoms with Crippen LogP contribution >= 0.6 is 0 Å². The minimum Gasteiger partial charge on any atom is -0.508 e. The smallest absolute Gasteiger partial charge is 0.118 e. The second kappa shape index (κ2) is 10.8. The van der Waals surface area contributed by atoms with Crippen LogP contribution < -0.4 is 0 Å². The van der Waals surface area contributed by atoms with Crippen LogP contribution in [0.4, 0.5) is 0 Å². The van der Waals surface area contributed by atoms with Crippen molar-refractivity contribution < 1.29 is 24.6 Å². The second-order valence-electron chi connectivity index (χ2n) is 4.50. The minimum atomic E-state index is 0. The minimum absolute atomic E-state index is 0. The summed E-state index contributed by atoms with van der Waals surface area (Å²) < 4.78 is 0.